The number of nitrogens with one attached hydrogen (secondary N) is 2. The molecule has 0 bridgehead atoms. The summed E-state index contributed by atoms with van der Waals surface area (Å²) in [5.74, 6) is 0.300. The molecule has 104 valence electrons. The molecule has 19 heavy (non-hydrogen) atoms. The van der Waals surface area contributed by atoms with Gasteiger partial charge in [-0.1, -0.05) is 30.3 Å². The van der Waals surface area contributed by atoms with Gasteiger partial charge in [0.1, 0.15) is 6.61 Å². The van der Waals surface area contributed by atoms with Gasteiger partial charge in [-0.15, -0.1) is 0 Å². The number of carbonyl (C=O) groups is 1. The van der Waals surface area contributed by atoms with Gasteiger partial charge >= 0.3 is 6.09 Å². The molecule has 1 fully saturated rings. The maximum Gasteiger partial charge on any atom is 0.407 e. The minimum Gasteiger partial charge on any atom is -0.445 e. The van der Waals surface area contributed by atoms with E-state index in [-0.39, 0.29) is 12.2 Å². The van der Waals surface area contributed by atoms with Crippen molar-refractivity contribution in [1.82, 2.24) is 10.6 Å². The fourth-order valence-corrected chi connectivity index (χ4v) is 2.18. The van der Waals surface area contributed by atoms with E-state index in [1.54, 1.807) is 7.11 Å². The Morgan fingerprint density at radius 3 is 2.89 bits per heavy atom. The third-order valence-electron chi connectivity index (χ3n) is 3.30. The number of ether oxygens (including phenoxy) is 2. The van der Waals surface area contributed by atoms with Crippen molar-refractivity contribution in [3.05, 3.63) is 35.9 Å². The molecule has 2 atom stereocenters. The van der Waals surface area contributed by atoms with Gasteiger partial charge in [-0.2, -0.15) is 0 Å². The minimum absolute atomic E-state index is 0.162. The lowest BCUT2D eigenvalue weighted by Crippen LogP contribution is -2.35. The average Bonchev–Trinajstić information content (AvgIpc) is 2.91. The second-order valence-electron chi connectivity index (χ2n) is 4.64. The Labute approximate surface area is 113 Å². The van der Waals surface area contributed by atoms with Crippen LogP contribution in [0.3, 0.4) is 0 Å². The smallest absolute Gasteiger partial charge is 0.407 e. The molecule has 1 aliphatic rings. The van der Waals surface area contributed by atoms with Crippen LogP contribution in [-0.4, -0.2) is 38.9 Å². The van der Waals surface area contributed by atoms with Crippen LogP contribution in [0.15, 0.2) is 30.3 Å². The molecule has 1 aromatic carbocycles. The van der Waals surface area contributed by atoms with E-state index in [0.29, 0.717) is 19.1 Å². The molecule has 0 aromatic heterocycles. The Bertz CT molecular complexity index is 397. The molecular formula is C14H20N2O3. The number of hydrogen-bond acceptors (Lipinski definition) is 4. The molecule has 1 amide bonds. The highest BCUT2D eigenvalue weighted by Crippen LogP contribution is 2.10. The van der Waals surface area contributed by atoms with Crippen molar-refractivity contribution in [3.8, 4) is 0 Å². The van der Waals surface area contributed by atoms with E-state index >= 15 is 0 Å². The Kier molecular flexibility index (Phi) is 5.18. The summed E-state index contributed by atoms with van der Waals surface area (Å²) in [6.07, 6.45) is -0.222. The van der Waals surface area contributed by atoms with Crippen molar-refractivity contribution in [2.75, 3.05) is 26.7 Å². The van der Waals surface area contributed by atoms with Gasteiger partial charge in [0, 0.05) is 32.7 Å². The summed E-state index contributed by atoms with van der Waals surface area (Å²) >= 11 is 0. The molecule has 1 aliphatic heterocycles. The lowest BCUT2D eigenvalue weighted by atomic mass is 10.1. The van der Waals surface area contributed by atoms with Crippen LogP contribution >= 0.6 is 0 Å². The third-order valence-corrected chi connectivity index (χ3v) is 3.30. The molecule has 5 heteroatoms. The fraction of sp³-hybridized carbons (Fsp3) is 0.500. The second-order valence-corrected chi connectivity index (χ2v) is 4.64. The standard InChI is InChI=1S/C14H20N2O3/c1-18-13-9-15-7-12(13)8-16-14(17)19-10-11-5-3-2-4-6-11/h2-6,12-13,15H,7-10H2,1H3,(H,16,17)/t12-,13-/m1/s1. The van der Waals surface area contributed by atoms with E-state index in [2.05, 4.69) is 10.6 Å². The zero-order valence-electron chi connectivity index (χ0n) is 11.1. The Hall–Kier alpha value is -1.59. The SMILES string of the molecule is CO[C@@H]1CNC[C@@H]1CNC(=O)OCc1ccccc1. The van der Waals surface area contributed by atoms with E-state index in [0.717, 1.165) is 18.7 Å². The lowest BCUT2D eigenvalue weighted by molar-refractivity contribution is 0.0805. The van der Waals surface area contributed by atoms with Crippen LogP contribution in [0.4, 0.5) is 4.79 Å². The van der Waals surface area contributed by atoms with Crippen molar-refractivity contribution in [2.45, 2.75) is 12.7 Å². The highest BCUT2D eigenvalue weighted by atomic mass is 16.5. The van der Waals surface area contributed by atoms with Gasteiger partial charge in [-0.25, -0.2) is 4.79 Å². The van der Waals surface area contributed by atoms with Crippen LogP contribution < -0.4 is 10.6 Å². The van der Waals surface area contributed by atoms with Crippen LogP contribution in [0.2, 0.25) is 0 Å². The molecule has 2 N–H and O–H groups in total. The van der Waals surface area contributed by atoms with Crippen molar-refractivity contribution in [3.63, 3.8) is 0 Å². The van der Waals surface area contributed by atoms with E-state index in [1.165, 1.54) is 0 Å². The first-order valence-electron chi connectivity index (χ1n) is 6.47. The highest BCUT2D eigenvalue weighted by molar-refractivity contribution is 5.67. The summed E-state index contributed by atoms with van der Waals surface area (Å²) in [4.78, 5) is 11.6. The Morgan fingerprint density at radius 1 is 1.37 bits per heavy atom. The molecule has 0 unspecified atom stereocenters. The predicted molar refractivity (Wildman–Crippen MR) is 71.8 cm³/mol. The number of benzene rings is 1. The summed E-state index contributed by atoms with van der Waals surface area (Å²) in [5, 5.41) is 6.02. The van der Waals surface area contributed by atoms with Gasteiger partial charge in [-0.05, 0) is 5.56 Å². The van der Waals surface area contributed by atoms with Gasteiger partial charge in [-0.3, -0.25) is 0 Å². The van der Waals surface area contributed by atoms with Crippen LogP contribution in [0.5, 0.6) is 0 Å². The lowest BCUT2D eigenvalue weighted by Gasteiger charge is -2.17. The zero-order chi connectivity index (χ0) is 13.5. The van der Waals surface area contributed by atoms with E-state index in [9.17, 15) is 4.79 Å². The number of rotatable bonds is 5. The minimum atomic E-state index is -0.384. The van der Waals surface area contributed by atoms with Gasteiger partial charge in [0.25, 0.3) is 0 Å². The topological polar surface area (TPSA) is 59.6 Å². The summed E-state index contributed by atoms with van der Waals surface area (Å²) in [6, 6.07) is 9.62. The maximum atomic E-state index is 11.6. The first kappa shape index (κ1) is 13.8. The largest absolute Gasteiger partial charge is 0.445 e. The summed E-state index contributed by atoms with van der Waals surface area (Å²) in [6.45, 7) is 2.56. The first-order valence-corrected chi connectivity index (χ1v) is 6.47. The molecule has 1 aromatic rings. The molecule has 1 heterocycles. The van der Waals surface area contributed by atoms with Gasteiger partial charge in [0.2, 0.25) is 0 Å². The molecule has 0 saturated carbocycles. The van der Waals surface area contributed by atoms with Crippen LogP contribution in [0.1, 0.15) is 5.56 Å². The summed E-state index contributed by atoms with van der Waals surface area (Å²) < 4.78 is 10.5. The third kappa shape index (κ3) is 4.22. The molecular weight excluding hydrogens is 244 g/mol. The van der Waals surface area contributed by atoms with Crippen molar-refractivity contribution in [2.24, 2.45) is 5.92 Å². The number of alkyl carbamates (subject to hydrolysis) is 1. The van der Waals surface area contributed by atoms with Gasteiger partial charge < -0.3 is 20.1 Å². The van der Waals surface area contributed by atoms with Crippen molar-refractivity contribution >= 4 is 6.09 Å². The number of methoxy groups -OCH3 is 1. The first-order chi connectivity index (χ1) is 9.29. The quantitative estimate of drug-likeness (QED) is 0.837. The van der Waals surface area contributed by atoms with Crippen molar-refractivity contribution < 1.29 is 14.3 Å². The molecule has 1 saturated heterocycles. The van der Waals surface area contributed by atoms with E-state index < -0.39 is 0 Å². The number of amides is 1. The van der Waals surface area contributed by atoms with Crippen LogP contribution in [-0.2, 0) is 16.1 Å². The van der Waals surface area contributed by atoms with E-state index in [4.69, 9.17) is 9.47 Å². The molecule has 5 nitrogen and oxygen atoms in total. The maximum absolute atomic E-state index is 11.6. The molecule has 0 radical (unpaired) electrons. The summed E-state index contributed by atoms with van der Waals surface area (Å²) in [5.41, 5.74) is 0.981. The van der Waals surface area contributed by atoms with Crippen LogP contribution in [0.25, 0.3) is 0 Å². The molecule has 0 spiro atoms. The normalized spacial score (nSPS) is 22.2. The van der Waals surface area contributed by atoms with Gasteiger partial charge in [0.05, 0.1) is 6.10 Å². The predicted octanol–water partition coefficient (Wildman–Crippen LogP) is 1.15. The van der Waals surface area contributed by atoms with Gasteiger partial charge in [0.15, 0.2) is 0 Å². The Balaban J connectivity index is 1.67. The highest BCUT2D eigenvalue weighted by Gasteiger charge is 2.27. The Morgan fingerprint density at radius 2 is 2.16 bits per heavy atom. The molecule has 0 aliphatic carbocycles. The van der Waals surface area contributed by atoms with Crippen LogP contribution in [0, 0.1) is 5.92 Å². The molecule has 2 rings (SSSR count). The summed E-state index contributed by atoms with van der Waals surface area (Å²) in [7, 11) is 1.69. The number of hydrogen-bond donors (Lipinski definition) is 2. The fourth-order valence-electron chi connectivity index (χ4n) is 2.18. The average molecular weight is 264 g/mol. The van der Waals surface area contributed by atoms with E-state index in [1.807, 2.05) is 30.3 Å². The van der Waals surface area contributed by atoms with Crippen molar-refractivity contribution in [1.29, 1.82) is 0 Å². The second kappa shape index (κ2) is 7.11. The monoisotopic (exact) mass is 264 g/mol. The zero-order valence-corrected chi connectivity index (χ0v) is 11.1. The number of carbonyl (C=O) groups excluding carboxylic acids is 1.